The van der Waals surface area contributed by atoms with Crippen molar-refractivity contribution in [3.8, 4) is 5.69 Å². The molecule has 146 valence electrons. The van der Waals surface area contributed by atoms with Gasteiger partial charge in [-0.25, -0.2) is 4.39 Å². The fraction of sp³-hybridized carbons (Fsp3) is 0.238. The molecule has 2 aromatic heterocycles. The molecule has 0 aliphatic carbocycles. The number of aliphatic carboxylic acids is 1. The minimum Gasteiger partial charge on any atom is -0.482 e. The molecule has 8 heteroatoms. The highest BCUT2D eigenvalue weighted by Gasteiger charge is 2.30. The number of hydrogen-bond acceptors (Lipinski definition) is 2. The topological polar surface area (TPSA) is 70.9 Å². The van der Waals surface area contributed by atoms with E-state index in [9.17, 15) is 14.3 Å². The van der Waals surface area contributed by atoms with E-state index in [2.05, 4.69) is 34.7 Å². The molecule has 2 unspecified atom stereocenters. The predicted octanol–water partition coefficient (Wildman–Crippen LogP) is 2.95. The first-order valence-electron chi connectivity index (χ1n) is 9.79. The van der Waals surface area contributed by atoms with Gasteiger partial charge in [0, 0.05) is 28.0 Å². The maximum absolute atomic E-state index is 13.6. The van der Waals surface area contributed by atoms with Crippen LogP contribution >= 0.6 is 0 Å². The number of hydrogen-bond donors (Lipinski definition) is 2. The highest BCUT2D eigenvalue weighted by atomic mass is 19.1. The number of H-pyrrole nitrogens is 1. The number of carboxylic acid groups (broad SMARTS) is 1. The van der Waals surface area contributed by atoms with Crippen molar-refractivity contribution in [3.05, 3.63) is 59.7 Å². The average Bonchev–Trinajstić information content (AvgIpc) is 3.27. The molecule has 0 saturated carbocycles. The van der Waals surface area contributed by atoms with Crippen molar-refractivity contribution in [1.82, 2.24) is 14.8 Å². The van der Waals surface area contributed by atoms with E-state index in [1.54, 1.807) is 26.2 Å². The quantitative estimate of drug-likeness (QED) is 0.516. The summed E-state index contributed by atoms with van der Waals surface area (Å²) in [5.41, 5.74) is 4.79. The molecular weight excluding hydrogens is 367 g/mol. The maximum Gasteiger partial charge on any atom is 0.298 e. The molecule has 0 saturated heterocycles. The maximum atomic E-state index is 13.6. The first kappa shape index (κ1) is 19.3. The van der Waals surface area contributed by atoms with Gasteiger partial charge in [-0.2, -0.15) is 5.10 Å². The molecule has 2 atom stereocenters. The van der Waals surface area contributed by atoms with Crippen LogP contribution in [0.4, 0.5) is 4.39 Å². The van der Waals surface area contributed by atoms with Crippen LogP contribution in [0.15, 0.2) is 42.6 Å². The smallest absolute Gasteiger partial charge is 0.298 e. The molecule has 0 aliphatic rings. The highest BCUT2D eigenvalue weighted by molar-refractivity contribution is 6.30. The summed E-state index contributed by atoms with van der Waals surface area (Å²) in [7, 11) is 3.71. The summed E-state index contributed by atoms with van der Waals surface area (Å²) in [4.78, 5) is 11.8. The molecule has 0 amide bonds. The van der Waals surface area contributed by atoms with Crippen LogP contribution in [0.1, 0.15) is 36.8 Å². The molecule has 0 fully saturated rings. The Morgan fingerprint density at radius 2 is 1.90 bits per heavy atom. The Kier molecular flexibility index (Phi) is 4.73. The fourth-order valence-corrected chi connectivity index (χ4v) is 4.15. The molecule has 2 heterocycles. The zero-order chi connectivity index (χ0) is 20.9. The van der Waals surface area contributed by atoms with E-state index < -0.39 is 11.8 Å². The SMILES string of the molecule is BC(C(=O)O)C(B)c1c(C(C)C)n(-c2ccc(F)cc2)c2cc3cn[nH]c3cc12. The number of carboxylic acids is 1. The lowest BCUT2D eigenvalue weighted by molar-refractivity contribution is -0.136. The summed E-state index contributed by atoms with van der Waals surface area (Å²) in [6, 6.07) is 10.5. The van der Waals surface area contributed by atoms with Crippen LogP contribution in [-0.4, -0.2) is 41.5 Å². The molecule has 0 radical (unpaired) electrons. The lowest BCUT2D eigenvalue weighted by atomic mass is 9.62. The number of fused-ring (bicyclic) bond motifs is 2. The molecule has 4 rings (SSSR count). The summed E-state index contributed by atoms with van der Waals surface area (Å²) in [6.45, 7) is 4.20. The number of benzene rings is 2. The van der Waals surface area contributed by atoms with Gasteiger partial charge in [-0.3, -0.25) is 9.89 Å². The van der Waals surface area contributed by atoms with Crippen molar-refractivity contribution >= 4 is 43.5 Å². The van der Waals surface area contributed by atoms with Crippen molar-refractivity contribution in [1.29, 1.82) is 0 Å². The minimum absolute atomic E-state index is 0.141. The van der Waals surface area contributed by atoms with Crippen LogP contribution < -0.4 is 0 Å². The molecule has 4 aromatic rings. The number of nitrogens with zero attached hydrogens (tertiary/aromatic N) is 2. The number of aromatic amines is 1. The third-order valence-electron chi connectivity index (χ3n) is 5.83. The Morgan fingerprint density at radius 3 is 2.52 bits per heavy atom. The standard InChI is InChI=1S/C21H22B2FN3O2/c1-10(2)20-17(18(22)19(23)21(28)29)14-8-15-11(9-25-26-15)7-16(14)27(20)13-5-3-12(24)4-6-13/h3-10,18-19H,22-23H2,1-2H3,(H,25,26)(H,28,29). The number of nitrogens with one attached hydrogen (secondary N) is 1. The average molecular weight is 389 g/mol. The van der Waals surface area contributed by atoms with Crippen molar-refractivity contribution < 1.29 is 14.3 Å². The van der Waals surface area contributed by atoms with Crippen LogP contribution in [-0.2, 0) is 4.79 Å². The number of rotatable bonds is 5. The molecule has 0 spiro atoms. The van der Waals surface area contributed by atoms with Crippen LogP contribution in [0, 0.1) is 5.82 Å². The molecular formula is C21H22B2FN3O2. The van der Waals surface area contributed by atoms with Gasteiger partial charge in [-0.15, -0.1) is 0 Å². The Labute approximate surface area is 169 Å². The van der Waals surface area contributed by atoms with Crippen LogP contribution in [0.2, 0.25) is 5.82 Å². The first-order chi connectivity index (χ1) is 13.8. The largest absolute Gasteiger partial charge is 0.482 e. The molecule has 0 bridgehead atoms. The molecule has 5 nitrogen and oxygen atoms in total. The van der Waals surface area contributed by atoms with E-state index in [4.69, 9.17) is 0 Å². The van der Waals surface area contributed by atoms with Gasteiger partial charge >= 0.3 is 0 Å². The third-order valence-corrected chi connectivity index (χ3v) is 5.83. The van der Waals surface area contributed by atoms with E-state index in [1.807, 2.05) is 13.9 Å². The van der Waals surface area contributed by atoms with Crippen molar-refractivity contribution in [3.63, 3.8) is 0 Å². The Hall–Kier alpha value is -3.02. The minimum atomic E-state index is -0.822. The van der Waals surface area contributed by atoms with E-state index in [0.29, 0.717) is 0 Å². The fourth-order valence-electron chi connectivity index (χ4n) is 4.15. The summed E-state index contributed by atoms with van der Waals surface area (Å²) in [6.07, 6.45) is 1.77. The van der Waals surface area contributed by atoms with E-state index in [0.717, 1.165) is 38.8 Å². The van der Waals surface area contributed by atoms with Crippen LogP contribution in [0.25, 0.3) is 27.5 Å². The summed E-state index contributed by atoms with van der Waals surface area (Å²) in [5, 5.41) is 18.8. The van der Waals surface area contributed by atoms with Gasteiger partial charge in [0.05, 0.1) is 17.2 Å². The Balaban J connectivity index is 2.13. The summed E-state index contributed by atoms with van der Waals surface area (Å²) in [5.74, 6) is -1.71. The normalized spacial score (nSPS) is 13.9. The Bertz CT molecular complexity index is 1210. The third kappa shape index (κ3) is 3.12. The lowest BCUT2D eigenvalue weighted by Crippen LogP contribution is -2.18. The van der Waals surface area contributed by atoms with Gasteiger partial charge in [0.15, 0.2) is 0 Å². The zero-order valence-corrected chi connectivity index (χ0v) is 16.9. The second-order valence-corrected chi connectivity index (χ2v) is 8.01. The van der Waals surface area contributed by atoms with Crippen molar-refractivity contribution in [2.45, 2.75) is 31.4 Å². The van der Waals surface area contributed by atoms with Crippen molar-refractivity contribution in [2.24, 2.45) is 0 Å². The first-order valence-corrected chi connectivity index (χ1v) is 9.79. The summed E-state index contributed by atoms with van der Waals surface area (Å²) < 4.78 is 15.7. The van der Waals surface area contributed by atoms with Gasteiger partial charge < -0.3 is 9.67 Å². The van der Waals surface area contributed by atoms with Crippen LogP contribution in [0.5, 0.6) is 0 Å². The molecule has 2 N–H and O–H groups in total. The van der Waals surface area contributed by atoms with E-state index in [1.165, 1.54) is 12.1 Å². The van der Waals surface area contributed by atoms with Crippen LogP contribution in [0.3, 0.4) is 0 Å². The highest BCUT2D eigenvalue weighted by Crippen LogP contribution is 2.41. The predicted molar refractivity (Wildman–Crippen MR) is 118 cm³/mol. The molecule has 2 aromatic carbocycles. The van der Waals surface area contributed by atoms with Gasteiger partial charge in [-0.05, 0) is 53.7 Å². The number of carbonyl (C=O) groups is 1. The Morgan fingerprint density at radius 1 is 1.21 bits per heavy atom. The van der Waals surface area contributed by atoms with Gasteiger partial charge in [-0.1, -0.05) is 13.8 Å². The van der Waals surface area contributed by atoms with Gasteiger partial charge in [0.1, 0.15) is 21.5 Å². The van der Waals surface area contributed by atoms with E-state index in [-0.39, 0.29) is 17.6 Å². The number of aromatic nitrogens is 3. The van der Waals surface area contributed by atoms with Gasteiger partial charge in [0.2, 0.25) is 0 Å². The van der Waals surface area contributed by atoms with E-state index >= 15 is 0 Å². The zero-order valence-electron chi connectivity index (χ0n) is 16.9. The second kappa shape index (κ2) is 7.10. The van der Waals surface area contributed by atoms with Gasteiger partial charge in [0.25, 0.3) is 5.97 Å². The number of halogens is 1. The molecule has 29 heavy (non-hydrogen) atoms. The summed E-state index contributed by atoms with van der Waals surface area (Å²) >= 11 is 0. The molecule has 0 aliphatic heterocycles. The second-order valence-electron chi connectivity index (χ2n) is 8.01. The lowest BCUT2D eigenvalue weighted by Gasteiger charge is -2.21. The monoisotopic (exact) mass is 389 g/mol. The van der Waals surface area contributed by atoms with Crippen molar-refractivity contribution in [2.75, 3.05) is 0 Å².